The van der Waals surface area contributed by atoms with Gasteiger partial charge in [-0.3, -0.25) is 10.1 Å². The monoisotopic (exact) mass is 266 g/mol. The van der Waals surface area contributed by atoms with Crippen molar-refractivity contribution in [3.05, 3.63) is 0 Å². The zero-order valence-corrected chi connectivity index (χ0v) is 13.0. The number of hydrogen-bond donors (Lipinski definition) is 1. The van der Waals surface area contributed by atoms with Crippen LogP contribution >= 0.6 is 0 Å². The third kappa shape index (κ3) is 3.31. The lowest BCUT2D eigenvalue weighted by atomic mass is 9.99. The Morgan fingerprint density at radius 1 is 1.21 bits per heavy atom. The first kappa shape index (κ1) is 14.8. The molecule has 0 radical (unpaired) electrons. The highest BCUT2D eigenvalue weighted by Gasteiger charge is 2.43. The molecule has 1 saturated carbocycles. The molecule has 1 amide bonds. The van der Waals surface area contributed by atoms with E-state index in [0.29, 0.717) is 24.0 Å². The zero-order chi connectivity index (χ0) is 14.0. The largest absolute Gasteiger partial charge is 0.323 e. The topological polar surface area (TPSA) is 32.3 Å². The second-order valence-electron chi connectivity index (χ2n) is 6.94. The molecule has 0 bridgehead atoms. The Kier molecular flexibility index (Phi) is 4.88. The Labute approximate surface area is 118 Å². The van der Waals surface area contributed by atoms with Crippen molar-refractivity contribution in [3.63, 3.8) is 0 Å². The first-order valence-corrected chi connectivity index (χ1v) is 8.09. The summed E-state index contributed by atoms with van der Waals surface area (Å²) in [7, 11) is 0. The molecule has 0 aromatic carbocycles. The first-order chi connectivity index (χ1) is 9.00. The van der Waals surface area contributed by atoms with E-state index in [9.17, 15) is 4.79 Å². The van der Waals surface area contributed by atoms with Gasteiger partial charge in [-0.2, -0.15) is 0 Å². The highest BCUT2D eigenvalue weighted by atomic mass is 16.2. The average Bonchev–Trinajstić information content (AvgIpc) is 2.96. The maximum atomic E-state index is 12.4. The van der Waals surface area contributed by atoms with E-state index in [1.54, 1.807) is 0 Å². The van der Waals surface area contributed by atoms with Crippen LogP contribution in [0.3, 0.4) is 0 Å². The van der Waals surface area contributed by atoms with Gasteiger partial charge < -0.3 is 4.90 Å². The summed E-state index contributed by atoms with van der Waals surface area (Å²) in [4.78, 5) is 14.6. The van der Waals surface area contributed by atoms with Crippen LogP contribution in [0.1, 0.15) is 66.2 Å². The van der Waals surface area contributed by atoms with E-state index in [0.717, 1.165) is 12.3 Å². The lowest BCUT2D eigenvalue weighted by molar-refractivity contribution is -0.132. The molecule has 3 atom stereocenters. The second kappa shape index (κ2) is 6.25. The van der Waals surface area contributed by atoms with E-state index in [-0.39, 0.29) is 6.04 Å². The van der Waals surface area contributed by atoms with Gasteiger partial charge in [0.15, 0.2) is 0 Å². The molecule has 0 aromatic rings. The first-order valence-electron chi connectivity index (χ1n) is 8.09. The van der Waals surface area contributed by atoms with Gasteiger partial charge in [0.2, 0.25) is 5.91 Å². The molecular weight excluding hydrogens is 236 g/mol. The predicted molar refractivity (Wildman–Crippen MR) is 78.7 cm³/mol. The molecule has 2 rings (SSSR count). The van der Waals surface area contributed by atoms with Crippen LogP contribution in [0, 0.1) is 11.8 Å². The molecule has 2 aliphatic rings. The van der Waals surface area contributed by atoms with E-state index >= 15 is 0 Å². The summed E-state index contributed by atoms with van der Waals surface area (Å²) in [6.07, 6.45) is 7.86. The minimum Gasteiger partial charge on any atom is -0.323 e. The van der Waals surface area contributed by atoms with E-state index in [2.05, 4.69) is 31.0 Å². The summed E-state index contributed by atoms with van der Waals surface area (Å²) in [6.45, 7) is 8.75. The fourth-order valence-electron chi connectivity index (χ4n) is 3.61. The molecule has 3 unspecified atom stereocenters. The van der Waals surface area contributed by atoms with Gasteiger partial charge in [0, 0.05) is 6.04 Å². The maximum Gasteiger partial charge on any atom is 0.240 e. The van der Waals surface area contributed by atoms with Crippen molar-refractivity contribution in [2.24, 2.45) is 11.8 Å². The van der Waals surface area contributed by atoms with Gasteiger partial charge in [-0.1, -0.05) is 26.7 Å². The number of carbonyl (C=O) groups excluding carboxylic acids is 1. The van der Waals surface area contributed by atoms with Crippen molar-refractivity contribution in [1.82, 2.24) is 10.2 Å². The Hall–Kier alpha value is -0.570. The minimum atomic E-state index is 0.00657. The van der Waals surface area contributed by atoms with Gasteiger partial charge >= 0.3 is 0 Å². The number of amides is 1. The van der Waals surface area contributed by atoms with Crippen LogP contribution in [0.15, 0.2) is 0 Å². The van der Waals surface area contributed by atoms with Crippen molar-refractivity contribution in [3.8, 4) is 0 Å². The highest BCUT2D eigenvalue weighted by Crippen LogP contribution is 2.33. The Bertz CT molecular complexity index is 310. The molecule has 1 heterocycles. The second-order valence-corrected chi connectivity index (χ2v) is 6.94. The molecule has 1 aliphatic heterocycles. The summed E-state index contributed by atoms with van der Waals surface area (Å²) in [5, 5.41) is 3.54. The smallest absolute Gasteiger partial charge is 0.240 e. The van der Waals surface area contributed by atoms with E-state index in [1.807, 2.05) is 6.92 Å². The Morgan fingerprint density at radius 2 is 1.84 bits per heavy atom. The fraction of sp³-hybridized carbons (Fsp3) is 0.938. The maximum absolute atomic E-state index is 12.4. The molecule has 110 valence electrons. The van der Waals surface area contributed by atoms with Crippen molar-refractivity contribution in [2.75, 3.05) is 0 Å². The summed E-state index contributed by atoms with van der Waals surface area (Å²) >= 11 is 0. The third-order valence-corrected chi connectivity index (χ3v) is 4.83. The quantitative estimate of drug-likeness (QED) is 0.829. The van der Waals surface area contributed by atoms with Crippen molar-refractivity contribution in [2.45, 2.75) is 84.5 Å². The minimum absolute atomic E-state index is 0.00657. The Balaban J connectivity index is 2.02. The van der Waals surface area contributed by atoms with E-state index in [4.69, 9.17) is 0 Å². The van der Waals surface area contributed by atoms with Gasteiger partial charge in [0.25, 0.3) is 0 Å². The number of nitrogens with zero attached hydrogens (tertiary/aromatic N) is 1. The summed E-state index contributed by atoms with van der Waals surface area (Å²) in [5.74, 6) is 1.71. The van der Waals surface area contributed by atoms with Crippen LogP contribution in [0.4, 0.5) is 0 Å². The molecule has 0 aromatic heterocycles. The molecule has 19 heavy (non-hydrogen) atoms. The van der Waals surface area contributed by atoms with E-state index < -0.39 is 0 Å². The molecule has 3 nitrogen and oxygen atoms in total. The number of nitrogens with one attached hydrogen (secondary N) is 1. The molecular formula is C16H30N2O. The van der Waals surface area contributed by atoms with Gasteiger partial charge in [-0.15, -0.1) is 0 Å². The number of rotatable bonds is 5. The van der Waals surface area contributed by atoms with Gasteiger partial charge in [-0.05, 0) is 51.4 Å². The molecule has 2 fully saturated rings. The Morgan fingerprint density at radius 3 is 2.42 bits per heavy atom. The fourth-order valence-corrected chi connectivity index (χ4v) is 3.61. The predicted octanol–water partition coefficient (Wildman–Crippen LogP) is 3.15. The van der Waals surface area contributed by atoms with Crippen molar-refractivity contribution in [1.29, 1.82) is 0 Å². The van der Waals surface area contributed by atoms with Gasteiger partial charge in [0.05, 0.1) is 12.2 Å². The zero-order valence-electron chi connectivity index (χ0n) is 13.0. The van der Waals surface area contributed by atoms with Crippen LogP contribution in [0.5, 0.6) is 0 Å². The lowest BCUT2D eigenvalue weighted by Gasteiger charge is -2.34. The van der Waals surface area contributed by atoms with Gasteiger partial charge in [-0.25, -0.2) is 0 Å². The molecule has 1 saturated heterocycles. The third-order valence-electron chi connectivity index (χ3n) is 4.83. The van der Waals surface area contributed by atoms with Crippen LogP contribution in [0.25, 0.3) is 0 Å². The van der Waals surface area contributed by atoms with Crippen molar-refractivity contribution >= 4 is 5.91 Å². The van der Waals surface area contributed by atoms with Crippen LogP contribution in [-0.2, 0) is 4.79 Å². The summed E-state index contributed by atoms with van der Waals surface area (Å²) in [6, 6.07) is 0.380. The lowest BCUT2D eigenvalue weighted by Crippen LogP contribution is -2.47. The summed E-state index contributed by atoms with van der Waals surface area (Å²) < 4.78 is 0. The van der Waals surface area contributed by atoms with Crippen LogP contribution in [0.2, 0.25) is 0 Å². The average molecular weight is 266 g/mol. The van der Waals surface area contributed by atoms with E-state index in [1.165, 1.54) is 32.1 Å². The molecule has 3 heteroatoms. The van der Waals surface area contributed by atoms with Gasteiger partial charge in [0.1, 0.15) is 0 Å². The SMILES string of the molecule is CC(C)CCC(C)N1C(=O)C(C)NC1C1CCCC1. The number of carbonyl (C=O) groups is 1. The highest BCUT2D eigenvalue weighted by molar-refractivity contribution is 5.84. The van der Waals surface area contributed by atoms with Crippen LogP contribution < -0.4 is 5.32 Å². The molecule has 0 spiro atoms. The standard InChI is InChI=1S/C16H30N2O/c1-11(2)9-10-12(3)18-15(14-7-5-6-8-14)17-13(4)16(18)19/h11-15,17H,5-10H2,1-4H3. The molecule has 1 N–H and O–H groups in total. The summed E-state index contributed by atoms with van der Waals surface area (Å²) in [5.41, 5.74) is 0. The normalized spacial score (nSPS) is 30.6. The van der Waals surface area contributed by atoms with Crippen LogP contribution in [-0.4, -0.2) is 29.1 Å². The number of hydrogen-bond acceptors (Lipinski definition) is 2. The molecule has 1 aliphatic carbocycles. The van der Waals surface area contributed by atoms with Crippen molar-refractivity contribution < 1.29 is 4.79 Å².